The summed E-state index contributed by atoms with van der Waals surface area (Å²) in [5.74, 6) is -0.439. The molecule has 0 aromatic rings. The topological polar surface area (TPSA) is 124 Å². The molecule has 2 rings (SSSR count). The third-order valence-electron chi connectivity index (χ3n) is 9.46. The molecule has 2 N–H and O–H groups in total. The summed E-state index contributed by atoms with van der Waals surface area (Å²) in [5.41, 5.74) is 3.34. The van der Waals surface area contributed by atoms with Crippen LogP contribution in [0.4, 0.5) is 0 Å². The first kappa shape index (κ1) is 40.7. The summed E-state index contributed by atoms with van der Waals surface area (Å²) < 4.78 is 11.3. The standard InChI is InChI=1S/C40H62N4O4/c1-9-13-15-29(11-3)27-47-37(45)35(25-41)31-19-33(23-39(5,6)21-31)43-17-18-44-34-20-32(22-40(7,8)24-34)36(26-42)38(46)48-28-30(12-4)16-14-10-2/h19-20,29-30,43-44H,9-18,21-24,27-28H2,1-8H3/b35-31-,36-32-. The van der Waals surface area contributed by atoms with Gasteiger partial charge < -0.3 is 20.1 Å². The second-order valence-corrected chi connectivity index (χ2v) is 15.3. The quantitative estimate of drug-likeness (QED) is 0.0609. The molecule has 2 atom stereocenters. The molecule has 266 valence electrons. The maximum absolute atomic E-state index is 13.0. The minimum Gasteiger partial charge on any atom is -0.461 e. The molecule has 0 saturated carbocycles. The van der Waals surface area contributed by atoms with Gasteiger partial charge in [0, 0.05) is 24.5 Å². The van der Waals surface area contributed by atoms with Crippen molar-refractivity contribution in [2.24, 2.45) is 22.7 Å². The molecular weight excluding hydrogens is 600 g/mol. The minimum atomic E-state index is -0.532. The Balaban J connectivity index is 2.11. The predicted octanol–water partition coefficient (Wildman–Crippen LogP) is 8.73. The maximum atomic E-state index is 13.0. The van der Waals surface area contributed by atoms with Crippen LogP contribution in [0.1, 0.15) is 132 Å². The average Bonchev–Trinajstić information content (AvgIpc) is 3.02. The number of nitriles is 2. The zero-order valence-corrected chi connectivity index (χ0v) is 31.2. The summed E-state index contributed by atoms with van der Waals surface area (Å²) in [6, 6.07) is 4.27. The van der Waals surface area contributed by atoms with Gasteiger partial charge in [-0.3, -0.25) is 0 Å². The number of allylic oxidation sites excluding steroid dienone is 6. The van der Waals surface area contributed by atoms with Crippen LogP contribution in [-0.2, 0) is 19.1 Å². The van der Waals surface area contributed by atoms with E-state index in [1.165, 1.54) is 0 Å². The number of ether oxygens (including phenoxy) is 2. The van der Waals surface area contributed by atoms with Gasteiger partial charge in [-0.1, -0.05) is 93.9 Å². The van der Waals surface area contributed by atoms with Crippen molar-refractivity contribution in [1.82, 2.24) is 10.6 Å². The van der Waals surface area contributed by atoms with Crippen molar-refractivity contribution in [2.75, 3.05) is 26.3 Å². The van der Waals surface area contributed by atoms with E-state index in [9.17, 15) is 20.1 Å². The lowest BCUT2D eigenvalue weighted by Crippen LogP contribution is -2.32. The lowest BCUT2D eigenvalue weighted by atomic mass is 9.76. The lowest BCUT2D eigenvalue weighted by Gasteiger charge is -2.33. The predicted molar refractivity (Wildman–Crippen MR) is 192 cm³/mol. The third kappa shape index (κ3) is 13.5. The van der Waals surface area contributed by atoms with Gasteiger partial charge in [-0.25, -0.2) is 9.59 Å². The minimum absolute atomic E-state index is 0.0949. The van der Waals surface area contributed by atoms with E-state index in [1.54, 1.807) is 0 Å². The molecule has 0 fully saturated rings. The monoisotopic (exact) mass is 662 g/mol. The van der Waals surface area contributed by atoms with E-state index in [1.807, 2.05) is 12.2 Å². The Labute approximate surface area is 291 Å². The number of hydrogen-bond donors (Lipinski definition) is 2. The molecular formula is C40H62N4O4. The average molecular weight is 663 g/mol. The Morgan fingerprint density at radius 1 is 0.708 bits per heavy atom. The van der Waals surface area contributed by atoms with E-state index in [2.05, 4.69) is 78.2 Å². The third-order valence-corrected chi connectivity index (χ3v) is 9.46. The molecule has 0 aliphatic heterocycles. The summed E-state index contributed by atoms with van der Waals surface area (Å²) in [5, 5.41) is 26.9. The van der Waals surface area contributed by atoms with Gasteiger partial charge in [-0.15, -0.1) is 0 Å². The van der Waals surface area contributed by atoms with Crippen LogP contribution in [0.25, 0.3) is 0 Å². The van der Waals surface area contributed by atoms with E-state index >= 15 is 0 Å². The fraction of sp³-hybridized carbons (Fsp3) is 0.700. The summed E-state index contributed by atoms with van der Waals surface area (Å²) >= 11 is 0. The number of nitrogens with zero attached hydrogens (tertiary/aromatic N) is 2. The van der Waals surface area contributed by atoms with Crippen molar-refractivity contribution in [1.29, 1.82) is 10.5 Å². The zero-order chi connectivity index (χ0) is 35.7. The Morgan fingerprint density at radius 3 is 1.40 bits per heavy atom. The Kier molecular flexibility index (Phi) is 17.0. The molecule has 0 spiro atoms. The SMILES string of the molecule is CCCCC(CC)COC(=O)/C(C#N)=C1/C=C(NCCNC2=C/C(=C(\C#N)C(=O)OCC(CC)CCCC)CC(C)(C)C2)CC(C)(C)C1. The van der Waals surface area contributed by atoms with Gasteiger partial charge in [0.15, 0.2) is 0 Å². The highest BCUT2D eigenvalue weighted by molar-refractivity contribution is 5.95. The van der Waals surface area contributed by atoms with Crippen LogP contribution in [0.5, 0.6) is 0 Å². The molecule has 0 amide bonds. The van der Waals surface area contributed by atoms with Gasteiger partial charge in [0.1, 0.15) is 23.3 Å². The highest BCUT2D eigenvalue weighted by Crippen LogP contribution is 2.39. The van der Waals surface area contributed by atoms with Crippen molar-refractivity contribution in [3.8, 4) is 12.1 Å². The number of rotatable bonds is 19. The van der Waals surface area contributed by atoms with Crippen LogP contribution in [0.3, 0.4) is 0 Å². The number of carbonyl (C=O) groups is 2. The lowest BCUT2D eigenvalue weighted by molar-refractivity contribution is -0.141. The van der Waals surface area contributed by atoms with Crippen LogP contribution < -0.4 is 10.6 Å². The van der Waals surface area contributed by atoms with Gasteiger partial charge in [0.25, 0.3) is 0 Å². The largest absolute Gasteiger partial charge is 0.461 e. The smallest absolute Gasteiger partial charge is 0.349 e. The first-order valence-corrected chi connectivity index (χ1v) is 18.3. The van der Waals surface area contributed by atoms with Gasteiger partial charge in [0.05, 0.1) is 13.2 Å². The van der Waals surface area contributed by atoms with E-state index in [0.717, 1.165) is 75.6 Å². The van der Waals surface area contributed by atoms with Crippen LogP contribution in [-0.4, -0.2) is 38.2 Å². The second-order valence-electron chi connectivity index (χ2n) is 15.3. The molecule has 8 heteroatoms. The first-order valence-electron chi connectivity index (χ1n) is 18.3. The number of carbonyl (C=O) groups excluding carboxylic acids is 2. The van der Waals surface area contributed by atoms with Crippen molar-refractivity contribution >= 4 is 11.9 Å². The van der Waals surface area contributed by atoms with E-state index < -0.39 is 11.9 Å². The van der Waals surface area contributed by atoms with Crippen LogP contribution in [0, 0.1) is 45.3 Å². The van der Waals surface area contributed by atoms with E-state index in [0.29, 0.717) is 62.1 Å². The van der Waals surface area contributed by atoms with Gasteiger partial charge in [-0.05, 0) is 84.5 Å². The van der Waals surface area contributed by atoms with Crippen LogP contribution in [0.15, 0.2) is 45.8 Å². The maximum Gasteiger partial charge on any atom is 0.349 e. The van der Waals surface area contributed by atoms with E-state index in [4.69, 9.17) is 9.47 Å². The fourth-order valence-electron chi connectivity index (χ4n) is 6.63. The van der Waals surface area contributed by atoms with Gasteiger partial charge >= 0.3 is 11.9 Å². The summed E-state index contributed by atoms with van der Waals surface area (Å²) in [6.07, 6.45) is 15.1. The normalized spacial score (nSPS) is 20.1. The molecule has 0 aromatic heterocycles. The molecule has 0 heterocycles. The fourth-order valence-corrected chi connectivity index (χ4v) is 6.63. The Bertz CT molecular complexity index is 1200. The number of hydrogen-bond acceptors (Lipinski definition) is 8. The molecule has 2 unspecified atom stereocenters. The molecule has 8 nitrogen and oxygen atoms in total. The van der Waals surface area contributed by atoms with Crippen molar-refractivity contribution in [3.05, 3.63) is 45.8 Å². The molecule has 48 heavy (non-hydrogen) atoms. The molecule has 2 aliphatic carbocycles. The zero-order valence-electron chi connectivity index (χ0n) is 31.2. The van der Waals surface area contributed by atoms with Crippen molar-refractivity contribution < 1.29 is 19.1 Å². The Hall–Kier alpha value is -3.52. The molecule has 0 saturated heterocycles. The number of esters is 2. The van der Waals surface area contributed by atoms with Crippen LogP contribution >= 0.6 is 0 Å². The first-order chi connectivity index (χ1) is 22.8. The van der Waals surface area contributed by atoms with Crippen molar-refractivity contribution in [3.63, 3.8) is 0 Å². The van der Waals surface area contributed by atoms with Crippen molar-refractivity contribution in [2.45, 2.75) is 132 Å². The summed E-state index contributed by atoms with van der Waals surface area (Å²) in [4.78, 5) is 26.0. The second kappa shape index (κ2) is 20.1. The van der Waals surface area contributed by atoms with Crippen LogP contribution in [0.2, 0.25) is 0 Å². The molecule has 0 radical (unpaired) electrons. The number of nitrogens with one attached hydrogen (secondary N) is 2. The number of unbranched alkanes of at least 4 members (excludes halogenated alkanes) is 2. The highest BCUT2D eigenvalue weighted by Gasteiger charge is 2.31. The molecule has 0 bridgehead atoms. The summed E-state index contributed by atoms with van der Waals surface area (Å²) in [7, 11) is 0. The molecule has 0 aromatic carbocycles. The summed E-state index contributed by atoms with van der Waals surface area (Å²) in [6.45, 7) is 19.0. The van der Waals surface area contributed by atoms with E-state index in [-0.39, 0.29) is 22.0 Å². The highest BCUT2D eigenvalue weighted by atomic mass is 16.5. The molecule has 2 aliphatic rings. The van der Waals surface area contributed by atoms with Gasteiger partial charge in [-0.2, -0.15) is 10.5 Å². The Morgan fingerprint density at radius 2 is 1.08 bits per heavy atom. The van der Waals surface area contributed by atoms with Gasteiger partial charge in [0.2, 0.25) is 0 Å².